The SMILES string of the molecule is CONC(=O)C(c1ccc(F)cc1)C(C)C. The number of hydrogen-bond acceptors (Lipinski definition) is 2. The van der Waals surface area contributed by atoms with Crippen LogP contribution in [0.5, 0.6) is 0 Å². The first-order chi connectivity index (χ1) is 7.56. The van der Waals surface area contributed by atoms with Crippen LogP contribution < -0.4 is 5.48 Å². The standard InChI is InChI=1S/C12H16FNO2/c1-8(2)11(12(15)14-16-3)9-4-6-10(13)7-5-9/h4-8,11H,1-3H3,(H,14,15). The molecule has 1 aromatic rings. The number of halogens is 1. The van der Waals surface area contributed by atoms with Gasteiger partial charge >= 0.3 is 0 Å². The Morgan fingerprint density at radius 2 is 1.88 bits per heavy atom. The molecular formula is C12H16FNO2. The molecule has 0 aliphatic carbocycles. The van der Waals surface area contributed by atoms with Gasteiger partial charge in [-0.25, -0.2) is 9.87 Å². The van der Waals surface area contributed by atoms with Gasteiger partial charge in [0.2, 0.25) is 0 Å². The Kier molecular flexibility index (Phi) is 4.43. The maximum absolute atomic E-state index is 12.8. The maximum Gasteiger partial charge on any atom is 0.251 e. The van der Waals surface area contributed by atoms with Gasteiger partial charge in [0, 0.05) is 0 Å². The Bertz CT molecular complexity index is 349. The van der Waals surface area contributed by atoms with Crippen LogP contribution in [0, 0.1) is 11.7 Å². The molecule has 0 radical (unpaired) electrons. The minimum atomic E-state index is -0.333. The van der Waals surface area contributed by atoms with Crippen molar-refractivity contribution in [3.8, 4) is 0 Å². The van der Waals surface area contributed by atoms with E-state index in [1.807, 2.05) is 13.8 Å². The molecule has 0 bridgehead atoms. The third-order valence-corrected chi connectivity index (χ3v) is 2.38. The van der Waals surface area contributed by atoms with E-state index in [1.165, 1.54) is 19.2 Å². The molecular weight excluding hydrogens is 209 g/mol. The van der Waals surface area contributed by atoms with Crippen LogP contribution in [0.1, 0.15) is 25.3 Å². The zero-order valence-corrected chi connectivity index (χ0v) is 9.66. The van der Waals surface area contributed by atoms with E-state index in [9.17, 15) is 9.18 Å². The zero-order chi connectivity index (χ0) is 12.1. The van der Waals surface area contributed by atoms with Crippen LogP contribution in [0.25, 0.3) is 0 Å². The van der Waals surface area contributed by atoms with Gasteiger partial charge in [0.1, 0.15) is 5.82 Å². The van der Waals surface area contributed by atoms with Crippen molar-refractivity contribution in [2.75, 3.05) is 7.11 Å². The summed E-state index contributed by atoms with van der Waals surface area (Å²) in [5, 5.41) is 0. The summed E-state index contributed by atoms with van der Waals surface area (Å²) in [7, 11) is 1.39. The fourth-order valence-electron chi connectivity index (χ4n) is 1.67. The second-order valence-corrected chi connectivity index (χ2v) is 3.94. The molecule has 0 spiro atoms. The van der Waals surface area contributed by atoms with Crippen molar-refractivity contribution in [1.29, 1.82) is 0 Å². The number of hydrogen-bond donors (Lipinski definition) is 1. The van der Waals surface area contributed by atoms with Crippen LogP contribution in [-0.4, -0.2) is 13.0 Å². The van der Waals surface area contributed by atoms with Gasteiger partial charge in [-0.3, -0.25) is 9.63 Å². The summed E-state index contributed by atoms with van der Waals surface area (Å²) in [4.78, 5) is 16.3. The third-order valence-electron chi connectivity index (χ3n) is 2.38. The molecule has 1 aromatic carbocycles. The fourth-order valence-corrected chi connectivity index (χ4v) is 1.67. The first-order valence-corrected chi connectivity index (χ1v) is 5.14. The van der Waals surface area contributed by atoms with Crippen molar-refractivity contribution >= 4 is 5.91 Å². The molecule has 0 saturated heterocycles. The molecule has 0 aliphatic heterocycles. The largest absolute Gasteiger partial charge is 0.277 e. The van der Waals surface area contributed by atoms with Crippen molar-refractivity contribution in [2.24, 2.45) is 5.92 Å². The summed E-state index contributed by atoms with van der Waals surface area (Å²) in [5.74, 6) is -0.747. The molecule has 4 heteroatoms. The molecule has 0 fully saturated rings. The van der Waals surface area contributed by atoms with E-state index < -0.39 is 0 Å². The molecule has 1 amide bonds. The predicted molar refractivity (Wildman–Crippen MR) is 59.1 cm³/mol. The van der Waals surface area contributed by atoms with Gasteiger partial charge in [-0.2, -0.15) is 0 Å². The molecule has 88 valence electrons. The monoisotopic (exact) mass is 225 g/mol. The lowest BCUT2D eigenvalue weighted by Gasteiger charge is -2.19. The van der Waals surface area contributed by atoms with Crippen molar-refractivity contribution in [2.45, 2.75) is 19.8 Å². The van der Waals surface area contributed by atoms with E-state index >= 15 is 0 Å². The van der Waals surface area contributed by atoms with Crippen LogP contribution in [0.3, 0.4) is 0 Å². The average molecular weight is 225 g/mol. The first-order valence-electron chi connectivity index (χ1n) is 5.14. The average Bonchev–Trinajstić information content (AvgIpc) is 2.21. The molecule has 0 saturated carbocycles. The number of amides is 1. The topological polar surface area (TPSA) is 38.3 Å². The lowest BCUT2D eigenvalue weighted by atomic mass is 9.88. The van der Waals surface area contributed by atoms with Crippen molar-refractivity contribution < 1.29 is 14.0 Å². The summed E-state index contributed by atoms with van der Waals surface area (Å²) < 4.78 is 12.8. The van der Waals surface area contributed by atoms with Crippen LogP contribution >= 0.6 is 0 Å². The molecule has 0 aliphatic rings. The molecule has 1 N–H and O–H groups in total. The Balaban J connectivity index is 2.93. The van der Waals surface area contributed by atoms with Crippen LogP contribution in [0.4, 0.5) is 4.39 Å². The zero-order valence-electron chi connectivity index (χ0n) is 9.66. The number of carbonyl (C=O) groups is 1. The first kappa shape index (κ1) is 12.6. The predicted octanol–water partition coefficient (Wildman–Crippen LogP) is 2.24. The summed E-state index contributed by atoms with van der Waals surface area (Å²) in [6.45, 7) is 3.87. The van der Waals surface area contributed by atoms with Crippen molar-refractivity contribution in [3.63, 3.8) is 0 Å². The highest BCUT2D eigenvalue weighted by molar-refractivity contribution is 5.83. The molecule has 1 atom stereocenters. The van der Waals surface area contributed by atoms with Gasteiger partial charge in [0.15, 0.2) is 0 Å². The molecule has 0 aromatic heterocycles. The van der Waals surface area contributed by atoms with Gasteiger partial charge in [0.25, 0.3) is 5.91 Å². The lowest BCUT2D eigenvalue weighted by Crippen LogP contribution is -2.31. The van der Waals surface area contributed by atoms with E-state index in [-0.39, 0.29) is 23.6 Å². The second-order valence-electron chi connectivity index (χ2n) is 3.94. The smallest absolute Gasteiger partial charge is 0.251 e. The summed E-state index contributed by atoms with van der Waals surface area (Å²) >= 11 is 0. The van der Waals surface area contributed by atoms with E-state index in [2.05, 4.69) is 10.3 Å². The summed E-state index contributed by atoms with van der Waals surface area (Å²) in [5.41, 5.74) is 3.09. The molecule has 3 nitrogen and oxygen atoms in total. The van der Waals surface area contributed by atoms with Crippen LogP contribution in [0.15, 0.2) is 24.3 Å². The highest BCUT2D eigenvalue weighted by atomic mass is 19.1. The maximum atomic E-state index is 12.8. The summed E-state index contributed by atoms with van der Waals surface area (Å²) in [6.07, 6.45) is 0. The third kappa shape index (κ3) is 3.03. The second kappa shape index (κ2) is 5.61. The molecule has 1 unspecified atom stereocenters. The minimum absolute atomic E-state index is 0.112. The number of rotatable bonds is 4. The Morgan fingerprint density at radius 3 is 2.31 bits per heavy atom. The highest BCUT2D eigenvalue weighted by Gasteiger charge is 2.24. The fraction of sp³-hybridized carbons (Fsp3) is 0.417. The Hall–Kier alpha value is -1.42. The van der Waals surface area contributed by atoms with Gasteiger partial charge in [-0.15, -0.1) is 0 Å². The normalized spacial score (nSPS) is 12.6. The number of nitrogens with one attached hydrogen (secondary N) is 1. The van der Waals surface area contributed by atoms with Crippen LogP contribution in [0.2, 0.25) is 0 Å². The summed E-state index contributed by atoms with van der Waals surface area (Å²) in [6, 6.07) is 5.94. The van der Waals surface area contributed by atoms with E-state index in [1.54, 1.807) is 12.1 Å². The Labute approximate surface area is 94.6 Å². The van der Waals surface area contributed by atoms with Crippen molar-refractivity contribution in [3.05, 3.63) is 35.6 Å². The Morgan fingerprint density at radius 1 is 1.31 bits per heavy atom. The lowest BCUT2D eigenvalue weighted by molar-refractivity contribution is -0.133. The number of hydroxylamine groups is 1. The molecule has 0 heterocycles. The van der Waals surface area contributed by atoms with E-state index in [0.29, 0.717) is 0 Å². The van der Waals surface area contributed by atoms with Crippen LogP contribution in [-0.2, 0) is 9.63 Å². The van der Waals surface area contributed by atoms with Gasteiger partial charge in [-0.1, -0.05) is 26.0 Å². The van der Waals surface area contributed by atoms with Gasteiger partial charge in [-0.05, 0) is 23.6 Å². The molecule has 16 heavy (non-hydrogen) atoms. The van der Waals surface area contributed by atoms with Crippen molar-refractivity contribution in [1.82, 2.24) is 5.48 Å². The molecule has 1 rings (SSSR count). The van der Waals surface area contributed by atoms with E-state index in [4.69, 9.17) is 0 Å². The highest BCUT2D eigenvalue weighted by Crippen LogP contribution is 2.24. The quantitative estimate of drug-likeness (QED) is 0.798. The van der Waals surface area contributed by atoms with Gasteiger partial charge < -0.3 is 0 Å². The van der Waals surface area contributed by atoms with Gasteiger partial charge in [0.05, 0.1) is 13.0 Å². The minimum Gasteiger partial charge on any atom is -0.277 e. The van der Waals surface area contributed by atoms with E-state index in [0.717, 1.165) is 5.56 Å². The number of carbonyl (C=O) groups excluding carboxylic acids is 1. The number of benzene rings is 1.